The Balaban J connectivity index is 2.99. The van der Waals surface area contributed by atoms with Crippen molar-refractivity contribution in [1.82, 2.24) is 0 Å². The highest BCUT2D eigenvalue weighted by Crippen LogP contribution is 1.42. The molecule has 1 amide bonds. The van der Waals surface area contributed by atoms with Crippen LogP contribution >= 0.6 is 0 Å². The highest BCUT2D eigenvalue weighted by molar-refractivity contribution is 5.74. The molecule has 3 N–H and O–H groups in total. The summed E-state index contributed by atoms with van der Waals surface area (Å²) < 4.78 is 6.05. The molecule has 0 saturated heterocycles. The Morgan fingerprint density at radius 3 is 3.00 bits per heavy atom. The molecule has 0 aromatic carbocycles. The van der Waals surface area contributed by atoms with Crippen LogP contribution in [-0.4, -0.2) is 17.6 Å². The smallest absolute Gasteiger partial charge is 0.243 e. The van der Waals surface area contributed by atoms with Crippen molar-refractivity contribution in [2.75, 3.05) is 6.61 Å². The Morgan fingerprint density at radius 1 is 2.40 bits per heavy atom. The van der Waals surface area contributed by atoms with Gasteiger partial charge in [-0.25, -0.2) is 0 Å². The zero-order valence-corrected chi connectivity index (χ0v) is 2.56. The third-order valence-corrected chi connectivity index (χ3v) is 0.144. The number of hydrogen-bond donors (Lipinski definition) is 2. The van der Waals surface area contributed by atoms with E-state index < -0.39 is 12.5 Å². The van der Waals surface area contributed by atoms with Crippen LogP contribution in [0.1, 0.15) is 0 Å². The van der Waals surface area contributed by atoms with Gasteiger partial charge in [-0.2, -0.15) is 0 Å². The lowest BCUT2D eigenvalue weighted by Gasteiger charge is -1.73. The van der Waals surface area contributed by atoms with Crippen molar-refractivity contribution >= 4 is 5.91 Å². The molecule has 0 saturated carbocycles. The number of nitrogens with two attached hydrogens (primary N) is 1. The Kier molecular flexibility index (Phi) is 0.914. The normalized spacial score (nSPS) is 9.40. The summed E-state index contributed by atoms with van der Waals surface area (Å²) >= 11 is 0. The first-order valence-corrected chi connectivity index (χ1v) is 1.12. The molecule has 0 atom stereocenters. The van der Waals surface area contributed by atoms with Crippen LogP contribution in [0.2, 0.25) is 1.41 Å². The second-order valence-electron chi connectivity index (χ2n) is 0.581. The quantitative estimate of drug-likeness (QED) is 0.397. The molecule has 3 nitrogen and oxygen atoms in total. The van der Waals surface area contributed by atoms with Gasteiger partial charge in [0.2, 0.25) is 5.91 Å². The SMILES string of the molecule is [2H]NC(=O)CO. The van der Waals surface area contributed by atoms with E-state index in [9.17, 15) is 4.79 Å². The van der Waals surface area contributed by atoms with E-state index in [0.717, 1.165) is 0 Å². The number of aliphatic hydroxyl groups excluding tert-OH is 1. The van der Waals surface area contributed by atoms with Gasteiger partial charge in [-0.15, -0.1) is 0 Å². The molecule has 0 aromatic heterocycles. The number of carbonyl (C=O) groups is 1. The van der Waals surface area contributed by atoms with Crippen molar-refractivity contribution in [1.29, 1.82) is 0 Å². The molecule has 3 heteroatoms. The van der Waals surface area contributed by atoms with Crippen LogP contribution in [0.4, 0.5) is 0 Å². The summed E-state index contributed by atoms with van der Waals surface area (Å²) in [4.78, 5) is 9.63. The van der Waals surface area contributed by atoms with Crippen LogP contribution in [0.15, 0.2) is 0 Å². The van der Waals surface area contributed by atoms with E-state index >= 15 is 0 Å². The first kappa shape index (κ1) is 2.66. The monoisotopic (exact) mass is 76.0 g/mol. The fourth-order valence-corrected chi connectivity index (χ4v) is 0. The third-order valence-electron chi connectivity index (χ3n) is 0.144. The molecule has 0 aliphatic rings. The van der Waals surface area contributed by atoms with Crippen LogP contribution in [0.5, 0.6) is 0 Å². The van der Waals surface area contributed by atoms with E-state index in [1.807, 2.05) is 0 Å². The molecule has 0 fully saturated rings. The van der Waals surface area contributed by atoms with Crippen LogP contribution in [0.3, 0.4) is 0 Å². The van der Waals surface area contributed by atoms with Crippen LogP contribution in [0.25, 0.3) is 0 Å². The summed E-state index contributed by atoms with van der Waals surface area (Å²) in [5.41, 5.74) is 1.48. The molecule has 0 aliphatic carbocycles. The second kappa shape index (κ2) is 1.72. The summed E-state index contributed by atoms with van der Waals surface area (Å²) in [6, 6.07) is 0. The lowest BCUT2D eigenvalue weighted by Crippen LogP contribution is -2.14. The van der Waals surface area contributed by atoms with E-state index in [1.54, 1.807) is 0 Å². The fraction of sp³-hybridized carbons (Fsp3) is 0.500. The minimum atomic E-state index is -0.685. The maximum absolute atomic E-state index is 9.63. The van der Waals surface area contributed by atoms with Gasteiger partial charge in [0.1, 0.15) is 6.61 Å². The predicted octanol–water partition coefficient (Wildman–Crippen LogP) is -1.54. The Morgan fingerprint density at radius 2 is 3.00 bits per heavy atom. The van der Waals surface area contributed by atoms with Gasteiger partial charge in [-0.1, -0.05) is 0 Å². The Labute approximate surface area is 30.9 Å². The highest BCUT2D eigenvalue weighted by Gasteiger charge is 1.78. The Bertz CT molecular complexity index is 49.5. The molecule has 0 spiro atoms. The molecule has 0 unspecified atom stereocenters. The first-order chi connectivity index (χ1) is 2.81. The second-order valence-corrected chi connectivity index (χ2v) is 0.581. The summed E-state index contributed by atoms with van der Waals surface area (Å²) in [6.07, 6.45) is 0. The number of aliphatic hydroxyl groups is 1. The number of rotatable bonds is 1. The van der Waals surface area contributed by atoms with E-state index in [1.165, 1.54) is 5.73 Å². The van der Waals surface area contributed by atoms with E-state index in [2.05, 4.69) is 0 Å². The summed E-state index contributed by atoms with van der Waals surface area (Å²) in [7, 11) is 0. The summed E-state index contributed by atoms with van der Waals surface area (Å²) in [5.74, 6) is -0.685. The molecule has 0 rings (SSSR count). The van der Waals surface area contributed by atoms with Crippen molar-refractivity contribution in [2.24, 2.45) is 5.73 Å². The lowest BCUT2D eigenvalue weighted by molar-refractivity contribution is -0.120. The van der Waals surface area contributed by atoms with Crippen molar-refractivity contribution in [3.63, 3.8) is 0 Å². The number of amides is 1. The topological polar surface area (TPSA) is 63.3 Å². The molecule has 0 bridgehead atoms. The lowest BCUT2D eigenvalue weighted by atomic mass is 10.7. The largest absolute Gasteiger partial charge is 0.387 e. The molecule has 0 aromatic rings. The zero-order valence-electron chi connectivity index (χ0n) is 3.56. The maximum atomic E-state index is 9.63. The summed E-state index contributed by atoms with van der Waals surface area (Å²) in [5, 5.41) is 7.80. The fourth-order valence-electron chi connectivity index (χ4n) is 0. The Hall–Kier alpha value is -0.570. The van der Waals surface area contributed by atoms with Crippen molar-refractivity contribution < 1.29 is 11.3 Å². The molecule has 0 radical (unpaired) electrons. The zero-order chi connectivity index (χ0) is 4.99. The van der Waals surface area contributed by atoms with Crippen molar-refractivity contribution in [3.05, 3.63) is 0 Å². The van der Waals surface area contributed by atoms with Gasteiger partial charge < -0.3 is 10.8 Å². The van der Waals surface area contributed by atoms with Gasteiger partial charge in [-0.05, 0) is 0 Å². The predicted molar refractivity (Wildman–Crippen MR) is 16.3 cm³/mol. The van der Waals surface area contributed by atoms with Crippen molar-refractivity contribution in [2.45, 2.75) is 0 Å². The first-order valence-electron chi connectivity index (χ1n) is 1.62. The molecular formula is C2H5NO2. The number of carbonyl (C=O) groups excluding carboxylic acids is 1. The molecular weight excluding hydrogens is 70.0 g/mol. The number of primary amides is 1. The highest BCUT2D eigenvalue weighted by atomic mass is 16.3. The van der Waals surface area contributed by atoms with Gasteiger partial charge in [0, 0.05) is 0 Å². The van der Waals surface area contributed by atoms with Gasteiger partial charge in [-0.3, -0.25) is 4.79 Å². The molecule has 30 valence electrons. The van der Waals surface area contributed by atoms with Crippen LogP contribution < -0.4 is 5.73 Å². The van der Waals surface area contributed by atoms with Crippen LogP contribution in [0, 0.1) is 0 Å². The van der Waals surface area contributed by atoms with E-state index in [-0.39, 0.29) is 0 Å². The maximum Gasteiger partial charge on any atom is 0.243 e. The van der Waals surface area contributed by atoms with Gasteiger partial charge in [0.05, 0.1) is 0 Å². The van der Waals surface area contributed by atoms with Crippen molar-refractivity contribution in [3.8, 4) is 0 Å². The van der Waals surface area contributed by atoms with Gasteiger partial charge in [0.25, 0.3) is 0 Å². The van der Waals surface area contributed by atoms with Gasteiger partial charge >= 0.3 is 0 Å². The average Bonchev–Trinajstić information content (AvgIpc) is 1.65. The third kappa shape index (κ3) is 3.43. The van der Waals surface area contributed by atoms with Gasteiger partial charge in [0.15, 0.2) is 1.41 Å². The average molecular weight is 76.1 g/mol. The minimum Gasteiger partial charge on any atom is -0.387 e. The molecule has 5 heavy (non-hydrogen) atoms. The van der Waals surface area contributed by atoms with Crippen LogP contribution in [-0.2, 0) is 4.79 Å². The summed E-state index contributed by atoms with van der Waals surface area (Å²) in [6.45, 7) is -0.608. The standard InChI is InChI=1S/C2H5NO2/c3-2(5)1-4/h4H,1H2,(H2,3,5)/i/hD. The molecule has 0 aliphatic heterocycles. The minimum absolute atomic E-state index is 0.608. The van der Waals surface area contributed by atoms with E-state index in [4.69, 9.17) is 6.52 Å². The van der Waals surface area contributed by atoms with E-state index in [0.29, 0.717) is 0 Å². The molecule has 0 heterocycles. The number of hydrogen-bond acceptors (Lipinski definition) is 2.